The average Bonchev–Trinajstić information content (AvgIpc) is 2.70. The molecule has 1 atom stereocenters. The van der Waals surface area contributed by atoms with Crippen LogP contribution in [0.15, 0.2) is 30.3 Å². The van der Waals surface area contributed by atoms with Crippen molar-refractivity contribution < 1.29 is 9.59 Å². The second-order valence-corrected chi connectivity index (χ2v) is 4.71. The van der Waals surface area contributed by atoms with Crippen LogP contribution < -0.4 is 10.2 Å². The summed E-state index contributed by atoms with van der Waals surface area (Å²) in [6.45, 7) is 2.24. The van der Waals surface area contributed by atoms with Crippen molar-refractivity contribution in [2.24, 2.45) is 5.41 Å². The standard InChI is InChI=1S/C13H16N2O2/c1-13(8-11(16)14-9-13)12(17)15(2)10-6-4-3-5-7-10/h3-7H,8-9H2,1-2H3,(H,14,16). The number of rotatable bonds is 2. The highest BCUT2D eigenvalue weighted by Crippen LogP contribution is 2.29. The van der Waals surface area contributed by atoms with E-state index in [1.165, 1.54) is 0 Å². The third-order valence-electron chi connectivity index (χ3n) is 3.19. The predicted molar refractivity (Wildman–Crippen MR) is 65.6 cm³/mol. The second kappa shape index (κ2) is 4.20. The Morgan fingerprint density at radius 3 is 2.53 bits per heavy atom. The van der Waals surface area contributed by atoms with Gasteiger partial charge in [-0.2, -0.15) is 0 Å². The van der Waals surface area contributed by atoms with E-state index in [9.17, 15) is 9.59 Å². The lowest BCUT2D eigenvalue weighted by Gasteiger charge is -2.27. The average molecular weight is 232 g/mol. The minimum Gasteiger partial charge on any atom is -0.355 e. The van der Waals surface area contributed by atoms with Crippen molar-refractivity contribution in [3.05, 3.63) is 30.3 Å². The molecule has 1 aromatic rings. The summed E-state index contributed by atoms with van der Waals surface area (Å²) >= 11 is 0. The quantitative estimate of drug-likeness (QED) is 0.832. The molecule has 1 aliphatic rings. The normalized spacial score (nSPS) is 23.3. The highest BCUT2D eigenvalue weighted by atomic mass is 16.2. The molecule has 1 fully saturated rings. The van der Waals surface area contributed by atoms with E-state index in [1.54, 1.807) is 11.9 Å². The lowest BCUT2D eigenvalue weighted by Crippen LogP contribution is -2.41. The molecule has 1 aliphatic heterocycles. The van der Waals surface area contributed by atoms with Gasteiger partial charge in [-0.3, -0.25) is 9.59 Å². The van der Waals surface area contributed by atoms with E-state index < -0.39 is 5.41 Å². The highest BCUT2D eigenvalue weighted by Gasteiger charge is 2.42. The van der Waals surface area contributed by atoms with Gasteiger partial charge in [0.05, 0.1) is 5.41 Å². The largest absolute Gasteiger partial charge is 0.355 e. The molecule has 0 aromatic heterocycles. The highest BCUT2D eigenvalue weighted by molar-refractivity contribution is 6.01. The Hall–Kier alpha value is -1.84. The van der Waals surface area contributed by atoms with Crippen LogP contribution in [0.5, 0.6) is 0 Å². The van der Waals surface area contributed by atoms with Crippen LogP contribution in [0, 0.1) is 5.41 Å². The molecule has 2 amide bonds. The van der Waals surface area contributed by atoms with Crippen molar-refractivity contribution in [2.75, 3.05) is 18.5 Å². The fraction of sp³-hybridized carbons (Fsp3) is 0.385. The molecule has 4 heteroatoms. The molecule has 0 aliphatic carbocycles. The van der Waals surface area contributed by atoms with Gasteiger partial charge in [0.2, 0.25) is 11.8 Å². The van der Waals surface area contributed by atoms with Crippen molar-refractivity contribution in [3.8, 4) is 0 Å². The number of para-hydroxylation sites is 1. The van der Waals surface area contributed by atoms with Gasteiger partial charge in [-0.15, -0.1) is 0 Å². The molecule has 1 unspecified atom stereocenters. The number of benzene rings is 1. The molecule has 0 bridgehead atoms. The molecule has 0 spiro atoms. The molecule has 17 heavy (non-hydrogen) atoms. The van der Waals surface area contributed by atoms with E-state index in [0.717, 1.165) is 5.69 Å². The first kappa shape index (κ1) is 11.6. The summed E-state index contributed by atoms with van der Waals surface area (Å²) in [6, 6.07) is 9.44. The maximum absolute atomic E-state index is 12.3. The number of hydrogen-bond acceptors (Lipinski definition) is 2. The van der Waals surface area contributed by atoms with Gasteiger partial charge in [-0.1, -0.05) is 18.2 Å². The van der Waals surface area contributed by atoms with Crippen molar-refractivity contribution in [1.82, 2.24) is 5.32 Å². The zero-order valence-electron chi connectivity index (χ0n) is 10.1. The zero-order valence-corrected chi connectivity index (χ0v) is 10.1. The molecule has 0 radical (unpaired) electrons. The topological polar surface area (TPSA) is 49.4 Å². The van der Waals surface area contributed by atoms with E-state index >= 15 is 0 Å². The van der Waals surface area contributed by atoms with Gasteiger partial charge in [-0.25, -0.2) is 0 Å². The van der Waals surface area contributed by atoms with Crippen LogP contribution in [0.25, 0.3) is 0 Å². The first-order valence-corrected chi connectivity index (χ1v) is 5.63. The Bertz CT molecular complexity index is 444. The Morgan fingerprint density at radius 2 is 2.00 bits per heavy atom. The Balaban J connectivity index is 2.18. The summed E-state index contributed by atoms with van der Waals surface area (Å²) in [5.74, 6) is -0.0793. The van der Waals surface area contributed by atoms with E-state index in [0.29, 0.717) is 6.54 Å². The van der Waals surface area contributed by atoms with Crippen molar-refractivity contribution in [3.63, 3.8) is 0 Å². The van der Waals surface area contributed by atoms with E-state index in [4.69, 9.17) is 0 Å². The van der Waals surface area contributed by atoms with Crippen LogP contribution in [0.4, 0.5) is 5.69 Å². The number of carbonyl (C=O) groups is 2. The Labute approximate surface area is 101 Å². The van der Waals surface area contributed by atoms with Gasteiger partial charge in [0.15, 0.2) is 0 Å². The van der Waals surface area contributed by atoms with Gasteiger partial charge >= 0.3 is 0 Å². The number of nitrogens with zero attached hydrogens (tertiary/aromatic N) is 1. The molecule has 4 nitrogen and oxygen atoms in total. The summed E-state index contributed by atoms with van der Waals surface area (Å²) in [5.41, 5.74) is 0.222. The SMILES string of the molecule is CN(C(=O)C1(C)CNC(=O)C1)c1ccccc1. The van der Waals surface area contributed by atoms with Crippen LogP contribution in [-0.4, -0.2) is 25.4 Å². The van der Waals surface area contributed by atoms with Gasteiger partial charge < -0.3 is 10.2 Å². The molecule has 2 rings (SSSR count). The second-order valence-electron chi connectivity index (χ2n) is 4.71. The molecule has 1 heterocycles. The van der Waals surface area contributed by atoms with Crippen LogP contribution in [-0.2, 0) is 9.59 Å². The molecule has 1 aromatic carbocycles. The van der Waals surface area contributed by atoms with Crippen LogP contribution in [0.2, 0.25) is 0 Å². The third-order valence-corrected chi connectivity index (χ3v) is 3.19. The lowest BCUT2D eigenvalue weighted by molar-refractivity contribution is -0.128. The van der Waals surface area contributed by atoms with Crippen LogP contribution in [0.1, 0.15) is 13.3 Å². The third kappa shape index (κ3) is 2.16. The summed E-state index contributed by atoms with van der Waals surface area (Å²) in [4.78, 5) is 25.2. The summed E-state index contributed by atoms with van der Waals surface area (Å²) < 4.78 is 0. The molecule has 90 valence electrons. The summed E-state index contributed by atoms with van der Waals surface area (Å²) in [5, 5.41) is 2.71. The summed E-state index contributed by atoms with van der Waals surface area (Å²) in [6.07, 6.45) is 0.267. The fourth-order valence-corrected chi connectivity index (χ4v) is 2.10. The number of carbonyl (C=O) groups excluding carboxylic acids is 2. The maximum Gasteiger partial charge on any atom is 0.234 e. The Morgan fingerprint density at radius 1 is 1.35 bits per heavy atom. The summed E-state index contributed by atoms with van der Waals surface area (Å²) in [7, 11) is 1.74. The van der Waals surface area contributed by atoms with E-state index in [2.05, 4.69) is 5.32 Å². The number of amides is 2. The molecule has 1 saturated heterocycles. The van der Waals surface area contributed by atoms with Crippen molar-refractivity contribution >= 4 is 17.5 Å². The number of nitrogens with one attached hydrogen (secondary N) is 1. The number of anilines is 1. The minimum atomic E-state index is -0.623. The fourth-order valence-electron chi connectivity index (χ4n) is 2.10. The van der Waals surface area contributed by atoms with Crippen LogP contribution in [0.3, 0.4) is 0 Å². The minimum absolute atomic E-state index is 0.0259. The van der Waals surface area contributed by atoms with E-state index in [-0.39, 0.29) is 18.2 Å². The van der Waals surface area contributed by atoms with E-state index in [1.807, 2.05) is 37.3 Å². The Kier molecular flexibility index (Phi) is 2.88. The molecular weight excluding hydrogens is 216 g/mol. The smallest absolute Gasteiger partial charge is 0.234 e. The predicted octanol–water partition coefficient (Wildman–Crippen LogP) is 1.18. The lowest BCUT2D eigenvalue weighted by atomic mass is 9.88. The van der Waals surface area contributed by atoms with Gasteiger partial charge in [0.25, 0.3) is 0 Å². The zero-order chi connectivity index (χ0) is 12.5. The van der Waals surface area contributed by atoms with Crippen molar-refractivity contribution in [1.29, 1.82) is 0 Å². The molecule has 1 N–H and O–H groups in total. The van der Waals surface area contributed by atoms with Gasteiger partial charge in [-0.05, 0) is 19.1 Å². The maximum atomic E-state index is 12.3. The van der Waals surface area contributed by atoms with Crippen LogP contribution >= 0.6 is 0 Å². The molecular formula is C13H16N2O2. The van der Waals surface area contributed by atoms with Crippen molar-refractivity contribution in [2.45, 2.75) is 13.3 Å². The number of hydrogen-bond donors (Lipinski definition) is 1. The monoisotopic (exact) mass is 232 g/mol. The van der Waals surface area contributed by atoms with Gasteiger partial charge in [0.1, 0.15) is 0 Å². The molecule has 0 saturated carbocycles. The van der Waals surface area contributed by atoms with Gasteiger partial charge in [0, 0.05) is 25.7 Å². The first-order chi connectivity index (χ1) is 8.03. The first-order valence-electron chi connectivity index (χ1n) is 5.63.